The van der Waals surface area contributed by atoms with Crippen LogP contribution in [0.15, 0.2) is 72.3 Å². The number of methoxy groups -OCH3 is 1. The summed E-state index contributed by atoms with van der Waals surface area (Å²) in [5.41, 5.74) is 2.54. The summed E-state index contributed by atoms with van der Waals surface area (Å²) >= 11 is 0. The Labute approximate surface area is 229 Å². The quantitative estimate of drug-likeness (QED) is 0.190. The topological polar surface area (TPSA) is 85.3 Å². The van der Waals surface area contributed by atoms with Crippen molar-refractivity contribution in [2.45, 2.75) is 52.7 Å². The van der Waals surface area contributed by atoms with Gasteiger partial charge in [0.05, 0.1) is 31.4 Å². The summed E-state index contributed by atoms with van der Waals surface area (Å²) in [6.07, 6.45) is -0.00408. The summed E-state index contributed by atoms with van der Waals surface area (Å²) in [5.74, 6) is 0.424. The van der Waals surface area contributed by atoms with Gasteiger partial charge in [0.25, 0.3) is 11.7 Å². The van der Waals surface area contributed by atoms with E-state index >= 15 is 0 Å². The van der Waals surface area contributed by atoms with E-state index in [4.69, 9.17) is 14.2 Å². The molecule has 3 aromatic rings. The summed E-state index contributed by atoms with van der Waals surface area (Å²) < 4.78 is 16.8. The molecule has 0 aliphatic carbocycles. The van der Waals surface area contributed by atoms with Crippen LogP contribution in [0.25, 0.3) is 5.76 Å². The standard InChI is InChI=1S/C32H35NO6/c1-7-38-27-17-10-22(18-26(27)19(2)3)30(34)28-29(21-8-13-25(14-9-21)39-20(4)5)33(32(36)31(28)35)23-11-15-24(37-6)16-12-23/h8-20,29,34H,7H2,1-6H3/b30-28-. The average Bonchev–Trinajstić information content (AvgIpc) is 3.18. The van der Waals surface area contributed by atoms with Crippen LogP contribution in [0.1, 0.15) is 63.3 Å². The molecule has 0 radical (unpaired) electrons. The maximum Gasteiger partial charge on any atom is 0.300 e. The molecule has 39 heavy (non-hydrogen) atoms. The molecule has 1 saturated heterocycles. The number of hydrogen-bond donors (Lipinski definition) is 1. The Morgan fingerprint density at radius 2 is 1.56 bits per heavy atom. The second-order valence-corrected chi connectivity index (χ2v) is 9.94. The van der Waals surface area contributed by atoms with Gasteiger partial charge < -0.3 is 19.3 Å². The van der Waals surface area contributed by atoms with Crippen molar-refractivity contribution >= 4 is 23.1 Å². The lowest BCUT2D eigenvalue weighted by Crippen LogP contribution is -2.29. The third-order valence-electron chi connectivity index (χ3n) is 6.57. The van der Waals surface area contributed by atoms with Crippen LogP contribution in [0.3, 0.4) is 0 Å². The lowest BCUT2D eigenvalue weighted by atomic mass is 9.93. The van der Waals surface area contributed by atoms with E-state index in [0.717, 1.165) is 11.3 Å². The molecule has 0 saturated carbocycles. The molecule has 1 unspecified atom stereocenters. The first-order chi connectivity index (χ1) is 18.7. The van der Waals surface area contributed by atoms with Crippen LogP contribution in [0.2, 0.25) is 0 Å². The summed E-state index contributed by atoms with van der Waals surface area (Å²) in [6, 6.07) is 18.6. The van der Waals surface area contributed by atoms with Gasteiger partial charge >= 0.3 is 0 Å². The normalized spacial score (nSPS) is 16.7. The number of hydrogen-bond acceptors (Lipinski definition) is 6. The second-order valence-electron chi connectivity index (χ2n) is 9.94. The Balaban J connectivity index is 1.89. The third-order valence-corrected chi connectivity index (χ3v) is 6.57. The highest BCUT2D eigenvalue weighted by molar-refractivity contribution is 6.51. The predicted octanol–water partition coefficient (Wildman–Crippen LogP) is 6.63. The Hall–Kier alpha value is -4.26. The van der Waals surface area contributed by atoms with Crippen molar-refractivity contribution < 1.29 is 28.9 Å². The maximum absolute atomic E-state index is 13.5. The molecule has 7 nitrogen and oxygen atoms in total. The molecule has 7 heteroatoms. The highest BCUT2D eigenvalue weighted by Crippen LogP contribution is 2.43. The van der Waals surface area contributed by atoms with Gasteiger partial charge in [-0.1, -0.05) is 26.0 Å². The number of benzene rings is 3. The SMILES string of the molecule is CCOc1ccc(/C(O)=C2/C(=O)C(=O)N(c3ccc(OC)cc3)C2c2ccc(OC(C)C)cc2)cc1C(C)C. The molecule has 1 N–H and O–H groups in total. The molecule has 1 aliphatic rings. The monoisotopic (exact) mass is 529 g/mol. The van der Waals surface area contributed by atoms with Crippen LogP contribution in [-0.2, 0) is 9.59 Å². The third kappa shape index (κ3) is 5.62. The smallest absolute Gasteiger partial charge is 0.300 e. The minimum absolute atomic E-state index is 0.00408. The van der Waals surface area contributed by atoms with E-state index in [0.29, 0.717) is 34.9 Å². The van der Waals surface area contributed by atoms with Crippen LogP contribution in [0, 0.1) is 0 Å². The predicted molar refractivity (Wildman–Crippen MR) is 152 cm³/mol. The van der Waals surface area contributed by atoms with E-state index in [9.17, 15) is 14.7 Å². The van der Waals surface area contributed by atoms with E-state index in [1.54, 1.807) is 55.6 Å². The van der Waals surface area contributed by atoms with E-state index in [2.05, 4.69) is 0 Å². The lowest BCUT2D eigenvalue weighted by molar-refractivity contribution is -0.132. The van der Waals surface area contributed by atoms with Crippen molar-refractivity contribution in [3.8, 4) is 17.2 Å². The van der Waals surface area contributed by atoms with Gasteiger partial charge in [-0.2, -0.15) is 0 Å². The highest BCUT2D eigenvalue weighted by Gasteiger charge is 2.47. The van der Waals surface area contributed by atoms with E-state index in [1.165, 1.54) is 4.90 Å². The van der Waals surface area contributed by atoms with Gasteiger partial charge in [-0.15, -0.1) is 0 Å². The van der Waals surface area contributed by atoms with Crippen molar-refractivity contribution in [1.29, 1.82) is 0 Å². The first kappa shape index (κ1) is 27.8. The number of aliphatic hydroxyl groups excluding tert-OH is 1. The average molecular weight is 530 g/mol. The van der Waals surface area contributed by atoms with Crippen LogP contribution >= 0.6 is 0 Å². The van der Waals surface area contributed by atoms with Gasteiger partial charge in [0.2, 0.25) is 0 Å². The van der Waals surface area contributed by atoms with Crippen molar-refractivity contribution in [3.05, 3.63) is 89.0 Å². The van der Waals surface area contributed by atoms with E-state index in [1.807, 2.05) is 52.8 Å². The molecule has 1 aliphatic heterocycles. The molecule has 0 aromatic heterocycles. The first-order valence-electron chi connectivity index (χ1n) is 13.1. The Morgan fingerprint density at radius 1 is 0.923 bits per heavy atom. The van der Waals surface area contributed by atoms with Gasteiger partial charge in [-0.25, -0.2) is 0 Å². The van der Waals surface area contributed by atoms with Gasteiger partial charge in [0.15, 0.2) is 0 Å². The summed E-state index contributed by atoms with van der Waals surface area (Å²) in [6.45, 7) is 10.4. The molecule has 204 valence electrons. The fourth-order valence-corrected chi connectivity index (χ4v) is 4.75. The summed E-state index contributed by atoms with van der Waals surface area (Å²) in [5, 5.41) is 11.6. The van der Waals surface area contributed by atoms with Gasteiger partial charge in [-0.05, 0) is 92.4 Å². The van der Waals surface area contributed by atoms with Crippen molar-refractivity contribution in [3.63, 3.8) is 0 Å². The number of amides is 1. The van der Waals surface area contributed by atoms with Crippen molar-refractivity contribution in [1.82, 2.24) is 0 Å². The van der Waals surface area contributed by atoms with Crippen LogP contribution in [-0.4, -0.2) is 36.6 Å². The number of Topliss-reactive ketones (excluding diaryl/α,β-unsaturated/α-hetero) is 1. The number of aliphatic hydroxyl groups is 1. The van der Waals surface area contributed by atoms with Crippen molar-refractivity contribution in [2.24, 2.45) is 0 Å². The molecule has 1 heterocycles. The van der Waals surface area contributed by atoms with Crippen LogP contribution in [0.4, 0.5) is 5.69 Å². The molecule has 1 fully saturated rings. The minimum Gasteiger partial charge on any atom is -0.507 e. The molecule has 1 atom stereocenters. The zero-order chi connectivity index (χ0) is 28.3. The number of carbonyl (C=O) groups is 2. The number of ketones is 1. The van der Waals surface area contributed by atoms with E-state index < -0.39 is 17.7 Å². The number of ether oxygens (including phenoxy) is 3. The molecule has 0 bridgehead atoms. The van der Waals surface area contributed by atoms with Gasteiger partial charge in [0.1, 0.15) is 23.0 Å². The zero-order valence-electron chi connectivity index (χ0n) is 23.2. The largest absolute Gasteiger partial charge is 0.507 e. The van der Waals surface area contributed by atoms with Gasteiger partial charge in [0, 0.05) is 11.3 Å². The van der Waals surface area contributed by atoms with Crippen LogP contribution in [0.5, 0.6) is 17.2 Å². The number of anilines is 1. The highest BCUT2D eigenvalue weighted by atomic mass is 16.5. The molecule has 3 aromatic carbocycles. The Kier molecular flexibility index (Phi) is 8.29. The van der Waals surface area contributed by atoms with Crippen molar-refractivity contribution in [2.75, 3.05) is 18.6 Å². The first-order valence-corrected chi connectivity index (χ1v) is 13.1. The Morgan fingerprint density at radius 3 is 2.13 bits per heavy atom. The Bertz CT molecular complexity index is 1370. The van der Waals surface area contributed by atoms with Gasteiger partial charge in [-0.3, -0.25) is 14.5 Å². The van der Waals surface area contributed by atoms with Crippen LogP contribution < -0.4 is 19.1 Å². The number of rotatable bonds is 9. The summed E-state index contributed by atoms with van der Waals surface area (Å²) in [4.78, 5) is 28.4. The number of nitrogens with zero attached hydrogens (tertiary/aromatic N) is 1. The molecular formula is C32H35NO6. The summed E-state index contributed by atoms with van der Waals surface area (Å²) in [7, 11) is 1.56. The molecule has 1 amide bonds. The van der Waals surface area contributed by atoms with E-state index in [-0.39, 0.29) is 23.4 Å². The maximum atomic E-state index is 13.5. The fraction of sp³-hybridized carbons (Fsp3) is 0.312. The molecule has 4 rings (SSSR count). The molecular weight excluding hydrogens is 494 g/mol. The zero-order valence-corrected chi connectivity index (χ0v) is 23.2. The fourth-order valence-electron chi connectivity index (χ4n) is 4.75. The molecule has 0 spiro atoms. The number of carbonyl (C=O) groups excluding carboxylic acids is 2. The lowest BCUT2D eigenvalue weighted by Gasteiger charge is -2.26. The second kappa shape index (κ2) is 11.6. The minimum atomic E-state index is -0.847.